The van der Waals surface area contributed by atoms with Crippen molar-refractivity contribution in [2.75, 3.05) is 13.9 Å². The molecule has 2 fully saturated rings. The van der Waals surface area contributed by atoms with E-state index in [1.165, 1.54) is 57.8 Å². The highest BCUT2D eigenvalue weighted by atomic mass is 28.4. The van der Waals surface area contributed by atoms with Crippen molar-refractivity contribution in [2.24, 2.45) is 0 Å². The largest absolute Gasteiger partial charge is 0.455 e. The van der Waals surface area contributed by atoms with Crippen molar-refractivity contribution in [3.8, 4) is 23.7 Å². The SMILES string of the molecule is CCCCCCCCCCCC[C@@H](OCOC)[C@H]1CC[C@H]([C@H]2CCC[C@@H](C(O)C#CC#CCCC[C@H](CC3=C[C@H](C)OC3=O)O[Si](C)(C)C(C)(C)C)O2)O1. The summed E-state index contributed by atoms with van der Waals surface area (Å²) in [6.07, 6.45) is 22.0. The minimum absolute atomic E-state index is 0.00237. The quantitative estimate of drug-likeness (QED) is 0.0341. The number of carbonyl (C=O) groups excluding carboxylic acids is 1. The summed E-state index contributed by atoms with van der Waals surface area (Å²) in [4.78, 5) is 12.3. The van der Waals surface area contributed by atoms with Gasteiger partial charge in [-0.2, -0.15) is 0 Å². The van der Waals surface area contributed by atoms with Crippen molar-refractivity contribution in [3.63, 3.8) is 0 Å². The first-order valence-electron chi connectivity index (χ1n) is 21.5. The van der Waals surface area contributed by atoms with Gasteiger partial charge in [-0.3, -0.25) is 0 Å². The predicted octanol–water partition coefficient (Wildman–Crippen LogP) is 9.96. The molecule has 0 spiro atoms. The average Bonchev–Trinajstić information content (AvgIpc) is 3.74. The smallest absolute Gasteiger partial charge is 0.334 e. The summed E-state index contributed by atoms with van der Waals surface area (Å²) >= 11 is 0. The Hall–Kier alpha value is -1.69. The molecule has 9 heteroatoms. The van der Waals surface area contributed by atoms with Gasteiger partial charge in [0.25, 0.3) is 0 Å². The van der Waals surface area contributed by atoms with Gasteiger partial charge in [0.15, 0.2) is 8.32 Å². The maximum absolute atomic E-state index is 12.3. The molecule has 308 valence electrons. The lowest BCUT2D eigenvalue weighted by Crippen LogP contribution is -2.44. The molecular formula is C45H76O8Si. The summed E-state index contributed by atoms with van der Waals surface area (Å²) in [5, 5.41) is 11.0. The zero-order chi connectivity index (χ0) is 39.4. The van der Waals surface area contributed by atoms with E-state index in [0.29, 0.717) is 18.4 Å². The van der Waals surface area contributed by atoms with Crippen LogP contribution >= 0.6 is 0 Å². The first-order valence-corrected chi connectivity index (χ1v) is 24.4. The second-order valence-corrected chi connectivity index (χ2v) is 22.2. The molecular weight excluding hydrogens is 697 g/mol. The van der Waals surface area contributed by atoms with E-state index in [1.54, 1.807) is 7.11 Å². The van der Waals surface area contributed by atoms with Crippen LogP contribution in [0, 0.1) is 23.7 Å². The monoisotopic (exact) mass is 773 g/mol. The molecule has 2 saturated heterocycles. The van der Waals surface area contributed by atoms with Crippen LogP contribution in [0.3, 0.4) is 0 Å². The zero-order valence-corrected chi connectivity index (χ0v) is 36.4. The van der Waals surface area contributed by atoms with E-state index in [9.17, 15) is 9.90 Å². The van der Waals surface area contributed by atoms with Gasteiger partial charge >= 0.3 is 5.97 Å². The van der Waals surface area contributed by atoms with Crippen LogP contribution in [0.5, 0.6) is 0 Å². The summed E-state index contributed by atoms with van der Waals surface area (Å²) in [5.74, 6) is 11.7. The Bertz CT molecular complexity index is 1240. The second-order valence-electron chi connectivity index (χ2n) is 17.4. The van der Waals surface area contributed by atoms with Crippen LogP contribution in [0.1, 0.15) is 163 Å². The fourth-order valence-corrected chi connectivity index (χ4v) is 8.93. The number of carbonyl (C=O) groups is 1. The van der Waals surface area contributed by atoms with Crippen molar-refractivity contribution < 1.29 is 38.0 Å². The minimum Gasteiger partial charge on any atom is -0.455 e. The number of rotatable bonds is 24. The lowest BCUT2D eigenvalue weighted by atomic mass is 9.96. The van der Waals surface area contributed by atoms with Gasteiger partial charge in [-0.25, -0.2) is 4.79 Å². The van der Waals surface area contributed by atoms with Crippen LogP contribution in [0.15, 0.2) is 11.6 Å². The Morgan fingerprint density at radius 3 is 2.20 bits per heavy atom. The van der Waals surface area contributed by atoms with Crippen LogP contribution in [0.25, 0.3) is 0 Å². The predicted molar refractivity (Wildman–Crippen MR) is 219 cm³/mol. The first kappa shape index (κ1) is 46.7. The number of unbranched alkanes of at least 4 members (excludes halogenated alkanes) is 10. The van der Waals surface area contributed by atoms with Crippen molar-refractivity contribution in [3.05, 3.63) is 11.6 Å². The third-order valence-electron chi connectivity index (χ3n) is 11.7. The molecule has 0 aromatic rings. The molecule has 0 aliphatic carbocycles. The molecule has 1 unspecified atom stereocenters. The standard InChI is InChI=1S/C45H76O8Si/c1-9-10-11-12-13-14-15-16-20-23-27-40(49-34-48-6)42-30-31-43(52-42)41-29-24-28-39(51-41)38(46)26-22-19-17-18-21-25-37(53-54(7,8)45(3,4)5)33-36-32-35(2)50-44(36)47/h32,35,37-43,46H,9-16,18,20-21,23-25,27-31,33-34H2,1-8H3/t35-,37+,38?,39-,40+,41+,42+,43+/m0/s1. The maximum Gasteiger partial charge on any atom is 0.334 e. The Labute approximate surface area is 330 Å². The highest BCUT2D eigenvalue weighted by molar-refractivity contribution is 6.74. The molecule has 0 radical (unpaired) electrons. The summed E-state index contributed by atoms with van der Waals surface area (Å²) in [6.45, 7) is 15.6. The van der Waals surface area contributed by atoms with Crippen LogP contribution in [0.2, 0.25) is 18.1 Å². The van der Waals surface area contributed by atoms with Gasteiger partial charge < -0.3 is 33.2 Å². The van der Waals surface area contributed by atoms with Gasteiger partial charge in [0.2, 0.25) is 0 Å². The van der Waals surface area contributed by atoms with Gasteiger partial charge in [0.05, 0.1) is 30.5 Å². The molecule has 0 saturated carbocycles. The van der Waals surface area contributed by atoms with Gasteiger partial charge in [0, 0.05) is 31.6 Å². The van der Waals surface area contributed by atoms with Gasteiger partial charge in [0.1, 0.15) is 19.0 Å². The highest BCUT2D eigenvalue weighted by Gasteiger charge is 2.41. The van der Waals surface area contributed by atoms with E-state index < -0.39 is 14.4 Å². The first-order chi connectivity index (χ1) is 25.8. The summed E-state index contributed by atoms with van der Waals surface area (Å²) in [5.41, 5.74) is 0.712. The average molecular weight is 773 g/mol. The molecule has 3 rings (SSSR count). The third-order valence-corrected chi connectivity index (χ3v) is 16.3. The number of esters is 1. The van der Waals surface area contributed by atoms with E-state index in [2.05, 4.69) is 64.5 Å². The fraction of sp³-hybridized carbons (Fsp3) is 0.844. The molecule has 3 aliphatic rings. The maximum atomic E-state index is 12.3. The van der Waals surface area contributed by atoms with Crippen molar-refractivity contribution in [1.29, 1.82) is 0 Å². The van der Waals surface area contributed by atoms with Crippen LogP contribution in [-0.4, -0.2) is 82.1 Å². The highest BCUT2D eigenvalue weighted by Crippen LogP contribution is 2.39. The van der Waals surface area contributed by atoms with E-state index >= 15 is 0 Å². The van der Waals surface area contributed by atoms with Crippen LogP contribution < -0.4 is 0 Å². The van der Waals surface area contributed by atoms with E-state index in [4.69, 9.17) is 28.1 Å². The Morgan fingerprint density at radius 2 is 1.56 bits per heavy atom. The van der Waals surface area contributed by atoms with Gasteiger partial charge in [-0.1, -0.05) is 104 Å². The Morgan fingerprint density at radius 1 is 0.889 bits per heavy atom. The number of methoxy groups -OCH3 is 1. The molecule has 8 atom stereocenters. The van der Waals surface area contributed by atoms with Crippen LogP contribution in [0.4, 0.5) is 0 Å². The molecule has 0 aromatic heterocycles. The molecule has 8 nitrogen and oxygen atoms in total. The second kappa shape index (κ2) is 24.8. The Balaban J connectivity index is 1.42. The lowest BCUT2D eigenvalue weighted by molar-refractivity contribution is -0.167. The van der Waals surface area contributed by atoms with Crippen molar-refractivity contribution in [1.82, 2.24) is 0 Å². The van der Waals surface area contributed by atoms with Crippen molar-refractivity contribution in [2.45, 2.75) is 230 Å². The molecule has 0 aromatic carbocycles. The van der Waals surface area contributed by atoms with E-state index in [0.717, 1.165) is 57.8 Å². The number of hydrogen-bond acceptors (Lipinski definition) is 8. The molecule has 54 heavy (non-hydrogen) atoms. The summed E-state index contributed by atoms with van der Waals surface area (Å²) < 4.78 is 36.5. The topological polar surface area (TPSA) is 92.7 Å². The molecule has 3 heterocycles. The summed E-state index contributed by atoms with van der Waals surface area (Å²) in [7, 11) is -0.354. The van der Waals surface area contributed by atoms with E-state index in [1.807, 2.05) is 13.0 Å². The molecule has 1 N–H and O–H groups in total. The number of aliphatic hydroxyl groups is 1. The lowest BCUT2D eigenvalue weighted by Gasteiger charge is -2.39. The van der Waals surface area contributed by atoms with Crippen molar-refractivity contribution >= 4 is 14.3 Å². The van der Waals surface area contributed by atoms with Gasteiger partial charge in [-0.05, 0) is 94.3 Å². The molecule has 0 bridgehead atoms. The number of aliphatic hydroxyl groups excluding tert-OH is 1. The minimum atomic E-state index is -2.03. The fourth-order valence-electron chi connectivity index (χ4n) is 7.54. The van der Waals surface area contributed by atoms with Crippen LogP contribution in [-0.2, 0) is 32.9 Å². The normalized spacial score (nSPS) is 24.9. The molecule has 3 aliphatic heterocycles. The van der Waals surface area contributed by atoms with Gasteiger partial charge in [-0.15, -0.1) is 0 Å². The number of ether oxygens (including phenoxy) is 5. The number of hydrogen-bond donors (Lipinski definition) is 1. The zero-order valence-electron chi connectivity index (χ0n) is 35.4. The third kappa shape index (κ3) is 16.8. The van der Waals surface area contributed by atoms with E-state index in [-0.39, 0.29) is 60.5 Å². The Kier molecular flexibility index (Phi) is 21.5. The summed E-state index contributed by atoms with van der Waals surface area (Å²) in [6, 6.07) is 0. The number of cyclic esters (lactones) is 1. The molecule has 0 amide bonds.